The third-order valence-corrected chi connectivity index (χ3v) is 1.38. The van der Waals surface area contributed by atoms with E-state index in [1.54, 1.807) is 0 Å². The van der Waals surface area contributed by atoms with Crippen molar-refractivity contribution >= 4 is 5.91 Å². The number of carbonyl (C=O) groups excluding carboxylic acids is 1. The van der Waals surface area contributed by atoms with Crippen molar-refractivity contribution < 1.29 is 11.1 Å². The van der Waals surface area contributed by atoms with Gasteiger partial charge in [-0.25, -0.2) is 5.48 Å². The number of hydrogen-bond acceptors (Lipinski definition) is 2. The number of rotatable bonds is 4. The monoisotopic (exact) mass is 177 g/mol. The van der Waals surface area contributed by atoms with Gasteiger partial charge in [-0.2, -0.15) is 0 Å². The molecule has 0 heterocycles. The topological polar surface area (TPSA) is 38.3 Å². The first-order valence-electron chi connectivity index (χ1n) is 4.64. The van der Waals surface area contributed by atoms with E-state index >= 15 is 0 Å². The second-order valence-electron chi connectivity index (χ2n) is 2.21. The normalized spacial score (nSPS) is 11.1. The zero-order valence-corrected chi connectivity index (χ0v) is 8.81. The van der Waals surface area contributed by atoms with Gasteiger partial charge in [0.05, 0.1) is 6.61 Å². The minimum atomic E-state index is -0.0376. The fourth-order valence-corrected chi connectivity index (χ4v) is 0.429. The lowest BCUT2D eigenvalue weighted by atomic mass is 10.1. The van der Waals surface area contributed by atoms with Gasteiger partial charge in [0.2, 0.25) is 5.91 Å². The van der Waals surface area contributed by atoms with Gasteiger partial charge in [0.15, 0.2) is 0 Å². The van der Waals surface area contributed by atoms with Crippen LogP contribution >= 0.6 is 0 Å². The minimum Gasteiger partial charge on any atom is -0.274 e. The molecule has 0 aromatic carbocycles. The predicted molar refractivity (Wildman–Crippen MR) is 52.7 cm³/mol. The summed E-state index contributed by atoms with van der Waals surface area (Å²) in [5, 5.41) is 0. The van der Waals surface area contributed by atoms with E-state index in [1.165, 1.54) is 0 Å². The molecule has 1 N–H and O–H groups in total. The summed E-state index contributed by atoms with van der Waals surface area (Å²) in [5.74, 6) is 0.0101. The third kappa shape index (κ3) is 7.54. The molecule has 0 spiro atoms. The molecular weight excluding hydrogens is 154 g/mol. The van der Waals surface area contributed by atoms with E-state index in [2.05, 4.69) is 5.48 Å². The molecule has 0 unspecified atom stereocenters. The Morgan fingerprint density at radius 3 is 2.33 bits per heavy atom. The molecule has 0 saturated carbocycles. The van der Waals surface area contributed by atoms with E-state index in [0.717, 1.165) is 6.42 Å². The summed E-state index contributed by atoms with van der Waals surface area (Å²) in [5.41, 5.74) is 2.34. The Balaban J connectivity index is -0.000000309. The summed E-state index contributed by atoms with van der Waals surface area (Å²) in [6.45, 7) is 10.2. The van der Waals surface area contributed by atoms with Crippen LogP contribution in [0.25, 0.3) is 0 Å². The largest absolute Gasteiger partial charge is 0.274 e. The van der Waals surface area contributed by atoms with Gasteiger partial charge in [-0.05, 0) is 13.3 Å². The molecule has 0 aliphatic heterocycles. The maximum atomic E-state index is 10.9. The van der Waals surface area contributed by atoms with E-state index in [0.29, 0.717) is 6.61 Å². The Bertz CT molecular complexity index is 110. The lowest BCUT2D eigenvalue weighted by molar-refractivity contribution is -0.136. The maximum absolute atomic E-state index is 10.9. The Morgan fingerprint density at radius 2 is 2.00 bits per heavy atom. The fourth-order valence-electron chi connectivity index (χ4n) is 0.429. The smallest absolute Gasteiger partial charge is 0.246 e. The number of carbonyl (C=O) groups is 1. The highest BCUT2D eigenvalue weighted by molar-refractivity contribution is 5.77. The molecule has 0 aromatic heterocycles. The van der Waals surface area contributed by atoms with Crippen LogP contribution < -0.4 is 5.48 Å². The average molecular weight is 177 g/mol. The SMILES string of the molecule is CC.CCONC(=O)[C@H](C)CC.[HH]. The van der Waals surface area contributed by atoms with E-state index < -0.39 is 0 Å². The molecule has 1 atom stereocenters. The Labute approximate surface area is 76.9 Å². The van der Waals surface area contributed by atoms with E-state index in [4.69, 9.17) is 4.84 Å². The van der Waals surface area contributed by atoms with Gasteiger partial charge in [0.25, 0.3) is 0 Å². The van der Waals surface area contributed by atoms with E-state index in [1.807, 2.05) is 34.6 Å². The molecular formula is C9H23NO2. The molecule has 1 amide bonds. The second-order valence-corrected chi connectivity index (χ2v) is 2.21. The molecule has 0 aliphatic rings. The molecule has 0 rings (SSSR count). The third-order valence-electron chi connectivity index (χ3n) is 1.38. The molecule has 3 heteroatoms. The van der Waals surface area contributed by atoms with Gasteiger partial charge in [-0.3, -0.25) is 9.63 Å². The lowest BCUT2D eigenvalue weighted by Gasteiger charge is -2.07. The summed E-state index contributed by atoms with van der Waals surface area (Å²) in [4.78, 5) is 15.6. The Kier molecular flexibility index (Phi) is 12.2. The van der Waals surface area contributed by atoms with Gasteiger partial charge in [-0.15, -0.1) is 0 Å². The molecule has 0 fully saturated rings. The summed E-state index contributed by atoms with van der Waals surface area (Å²) in [6.07, 6.45) is 0.846. The summed E-state index contributed by atoms with van der Waals surface area (Å²) < 4.78 is 0. The molecule has 0 aliphatic carbocycles. The Hall–Kier alpha value is -0.570. The predicted octanol–water partition coefficient (Wildman–Crippen LogP) is 2.37. The van der Waals surface area contributed by atoms with Crippen molar-refractivity contribution in [1.82, 2.24) is 5.48 Å². The number of amides is 1. The zero-order valence-electron chi connectivity index (χ0n) is 8.81. The van der Waals surface area contributed by atoms with Crippen LogP contribution in [0.3, 0.4) is 0 Å². The van der Waals surface area contributed by atoms with Gasteiger partial charge < -0.3 is 0 Å². The van der Waals surface area contributed by atoms with Crippen LogP contribution in [0.4, 0.5) is 0 Å². The maximum Gasteiger partial charge on any atom is 0.246 e. The summed E-state index contributed by atoms with van der Waals surface area (Å²) in [6, 6.07) is 0. The van der Waals surface area contributed by atoms with Crippen molar-refractivity contribution in [2.75, 3.05) is 6.61 Å². The molecule has 3 nitrogen and oxygen atoms in total. The molecule has 0 saturated heterocycles. The highest BCUT2D eigenvalue weighted by Crippen LogP contribution is 1.98. The lowest BCUT2D eigenvalue weighted by Crippen LogP contribution is -2.28. The van der Waals surface area contributed by atoms with Crippen molar-refractivity contribution in [3.8, 4) is 0 Å². The molecule has 12 heavy (non-hydrogen) atoms. The van der Waals surface area contributed by atoms with Crippen LogP contribution in [0.5, 0.6) is 0 Å². The van der Waals surface area contributed by atoms with Crippen LogP contribution in [0.1, 0.15) is 42.5 Å². The number of nitrogens with one attached hydrogen (secondary N) is 1. The zero-order chi connectivity index (χ0) is 9.98. The van der Waals surface area contributed by atoms with Crippen LogP contribution in [0.15, 0.2) is 0 Å². The summed E-state index contributed by atoms with van der Waals surface area (Å²) in [7, 11) is 0. The molecule has 76 valence electrons. The first kappa shape index (κ1) is 14.0. The van der Waals surface area contributed by atoms with E-state index in [-0.39, 0.29) is 13.3 Å². The van der Waals surface area contributed by atoms with Crippen LogP contribution in [-0.2, 0) is 9.63 Å². The van der Waals surface area contributed by atoms with E-state index in [9.17, 15) is 4.79 Å². The first-order valence-corrected chi connectivity index (χ1v) is 4.64. The molecule has 0 radical (unpaired) electrons. The van der Waals surface area contributed by atoms with Gasteiger partial charge in [0, 0.05) is 7.34 Å². The minimum absolute atomic E-state index is 0. The fraction of sp³-hybridized carbons (Fsp3) is 0.889. The second kappa shape index (κ2) is 10.4. The van der Waals surface area contributed by atoms with Gasteiger partial charge >= 0.3 is 0 Å². The van der Waals surface area contributed by atoms with Gasteiger partial charge in [-0.1, -0.05) is 27.7 Å². The Morgan fingerprint density at radius 1 is 1.50 bits per heavy atom. The van der Waals surface area contributed by atoms with Gasteiger partial charge in [0.1, 0.15) is 0 Å². The molecule has 0 aromatic rings. The van der Waals surface area contributed by atoms with Crippen molar-refractivity contribution in [2.24, 2.45) is 5.92 Å². The van der Waals surface area contributed by atoms with Crippen LogP contribution in [-0.4, -0.2) is 12.5 Å². The highest BCUT2D eigenvalue weighted by atomic mass is 16.6. The molecule has 0 bridgehead atoms. The van der Waals surface area contributed by atoms with Crippen LogP contribution in [0, 0.1) is 5.92 Å². The standard InChI is InChI=1S/C7H15NO2.C2H6.H2/c1-4-6(3)7(9)8-10-5-2;1-2;/h6H,4-5H2,1-3H3,(H,8,9);1-2H3;1H/t6-;;/m1../s1. The van der Waals surface area contributed by atoms with Crippen molar-refractivity contribution in [2.45, 2.75) is 41.0 Å². The summed E-state index contributed by atoms with van der Waals surface area (Å²) >= 11 is 0. The van der Waals surface area contributed by atoms with Crippen molar-refractivity contribution in [3.63, 3.8) is 0 Å². The number of hydroxylamine groups is 1. The average Bonchev–Trinajstić information content (AvgIpc) is 2.16. The first-order chi connectivity index (χ1) is 5.72. The highest BCUT2D eigenvalue weighted by Gasteiger charge is 2.08. The van der Waals surface area contributed by atoms with Crippen molar-refractivity contribution in [1.29, 1.82) is 0 Å². The van der Waals surface area contributed by atoms with Crippen molar-refractivity contribution in [3.05, 3.63) is 0 Å². The van der Waals surface area contributed by atoms with Crippen LogP contribution in [0.2, 0.25) is 0 Å². The number of hydrogen-bond donors (Lipinski definition) is 1. The quantitative estimate of drug-likeness (QED) is 0.669.